The van der Waals surface area contributed by atoms with Crippen LogP contribution in [0.4, 0.5) is 0 Å². The van der Waals surface area contributed by atoms with Crippen LogP contribution in [0.2, 0.25) is 5.02 Å². The van der Waals surface area contributed by atoms with E-state index in [4.69, 9.17) is 16.1 Å². The molecule has 1 aromatic heterocycles. The molecule has 0 spiro atoms. The maximum absolute atomic E-state index is 12.4. The molecule has 2 rings (SSSR count). The van der Waals surface area contributed by atoms with Gasteiger partial charge in [0.2, 0.25) is 0 Å². The van der Waals surface area contributed by atoms with Crippen molar-refractivity contribution in [3.63, 3.8) is 0 Å². The molecule has 0 saturated heterocycles. The third-order valence-corrected chi connectivity index (χ3v) is 4.75. The number of carbonyl (C=O) groups excluding carboxylic acids is 1. The summed E-state index contributed by atoms with van der Waals surface area (Å²) in [6.07, 6.45) is 3.21. The first-order valence-corrected chi connectivity index (χ1v) is 8.38. The highest BCUT2D eigenvalue weighted by atomic mass is 35.5. The summed E-state index contributed by atoms with van der Waals surface area (Å²) in [6.45, 7) is 1.85. The standard InChI is InChI=1S/C15H17ClN2O3S/c1-9(13(7-19)22-2)17-15(20)12-8-21-18-14(12)10-3-5-11(16)6-4-10/h3-6,8-9,13,19H,7H2,1-2H3,(H,17,20). The quantitative estimate of drug-likeness (QED) is 0.845. The van der Waals surface area contributed by atoms with Gasteiger partial charge in [0.1, 0.15) is 17.5 Å². The Kier molecular flexibility index (Phi) is 5.88. The van der Waals surface area contributed by atoms with Crippen LogP contribution in [-0.4, -0.2) is 40.3 Å². The molecular weight excluding hydrogens is 324 g/mol. The van der Waals surface area contributed by atoms with E-state index in [0.29, 0.717) is 16.3 Å². The molecule has 0 fully saturated rings. The molecule has 1 heterocycles. The molecule has 1 aromatic carbocycles. The number of halogens is 1. The summed E-state index contributed by atoms with van der Waals surface area (Å²) in [5, 5.41) is 16.6. The van der Waals surface area contributed by atoms with Gasteiger partial charge >= 0.3 is 0 Å². The van der Waals surface area contributed by atoms with Crippen LogP contribution in [0.1, 0.15) is 17.3 Å². The number of rotatable bonds is 6. The third-order valence-electron chi connectivity index (χ3n) is 3.33. The lowest BCUT2D eigenvalue weighted by molar-refractivity contribution is 0.0936. The fraction of sp³-hybridized carbons (Fsp3) is 0.333. The number of hydrogen-bond acceptors (Lipinski definition) is 5. The van der Waals surface area contributed by atoms with E-state index in [9.17, 15) is 9.90 Å². The predicted molar refractivity (Wildman–Crippen MR) is 88.3 cm³/mol. The Morgan fingerprint density at radius 3 is 2.73 bits per heavy atom. The molecule has 7 heteroatoms. The molecule has 0 aliphatic rings. The average molecular weight is 341 g/mol. The van der Waals surface area contributed by atoms with Gasteiger partial charge in [-0.3, -0.25) is 4.79 Å². The Morgan fingerprint density at radius 1 is 1.45 bits per heavy atom. The molecule has 22 heavy (non-hydrogen) atoms. The monoisotopic (exact) mass is 340 g/mol. The number of nitrogens with zero attached hydrogens (tertiary/aromatic N) is 1. The molecule has 2 N–H and O–H groups in total. The first kappa shape index (κ1) is 16.9. The number of amides is 1. The summed E-state index contributed by atoms with van der Waals surface area (Å²) in [5.41, 5.74) is 1.57. The Hall–Kier alpha value is -1.50. The van der Waals surface area contributed by atoms with Crippen LogP contribution < -0.4 is 5.32 Å². The minimum atomic E-state index is -0.286. The number of nitrogens with one attached hydrogen (secondary N) is 1. The smallest absolute Gasteiger partial charge is 0.257 e. The summed E-state index contributed by atoms with van der Waals surface area (Å²) >= 11 is 7.36. The van der Waals surface area contributed by atoms with Crippen LogP contribution >= 0.6 is 23.4 Å². The molecule has 0 aliphatic carbocycles. The van der Waals surface area contributed by atoms with Gasteiger partial charge in [-0.1, -0.05) is 28.9 Å². The van der Waals surface area contributed by atoms with E-state index in [-0.39, 0.29) is 23.8 Å². The second-order valence-corrected chi connectivity index (χ2v) is 6.32. The number of thioether (sulfide) groups is 1. The van der Waals surface area contributed by atoms with Gasteiger partial charge in [-0.15, -0.1) is 0 Å². The molecule has 1 amide bonds. The molecule has 0 aliphatic heterocycles. The zero-order valence-electron chi connectivity index (χ0n) is 12.2. The Labute approximate surface area is 138 Å². The third kappa shape index (κ3) is 3.82. The van der Waals surface area contributed by atoms with Crippen molar-refractivity contribution in [3.8, 4) is 11.3 Å². The summed E-state index contributed by atoms with van der Waals surface area (Å²) in [7, 11) is 0. The van der Waals surface area contributed by atoms with Crippen molar-refractivity contribution in [1.29, 1.82) is 0 Å². The summed E-state index contributed by atoms with van der Waals surface area (Å²) in [6, 6.07) is 6.83. The molecule has 2 aromatic rings. The molecule has 0 bridgehead atoms. The van der Waals surface area contributed by atoms with Crippen molar-refractivity contribution < 1.29 is 14.4 Å². The van der Waals surface area contributed by atoms with Crippen LogP contribution in [0, 0.1) is 0 Å². The molecule has 0 radical (unpaired) electrons. The van der Waals surface area contributed by atoms with E-state index >= 15 is 0 Å². The van der Waals surface area contributed by atoms with Crippen LogP contribution in [0.3, 0.4) is 0 Å². The number of aromatic nitrogens is 1. The summed E-state index contributed by atoms with van der Waals surface area (Å²) < 4.78 is 4.95. The average Bonchev–Trinajstić information content (AvgIpc) is 2.98. The lowest BCUT2D eigenvalue weighted by Gasteiger charge is -2.21. The van der Waals surface area contributed by atoms with Gasteiger partial charge in [-0.25, -0.2) is 0 Å². The highest BCUT2D eigenvalue weighted by molar-refractivity contribution is 7.99. The number of benzene rings is 1. The molecule has 0 saturated carbocycles. The van der Waals surface area contributed by atoms with Crippen molar-refractivity contribution in [1.82, 2.24) is 10.5 Å². The van der Waals surface area contributed by atoms with Crippen LogP contribution in [-0.2, 0) is 0 Å². The first-order valence-electron chi connectivity index (χ1n) is 6.71. The first-order chi connectivity index (χ1) is 10.6. The Balaban J connectivity index is 2.18. The number of hydrogen-bond donors (Lipinski definition) is 2. The lowest BCUT2D eigenvalue weighted by atomic mass is 10.1. The normalized spacial score (nSPS) is 13.6. The van der Waals surface area contributed by atoms with Crippen LogP contribution in [0.25, 0.3) is 11.3 Å². The lowest BCUT2D eigenvalue weighted by Crippen LogP contribution is -2.41. The van der Waals surface area contributed by atoms with Crippen molar-refractivity contribution in [2.24, 2.45) is 0 Å². The topological polar surface area (TPSA) is 75.4 Å². The highest BCUT2D eigenvalue weighted by Gasteiger charge is 2.22. The highest BCUT2D eigenvalue weighted by Crippen LogP contribution is 2.24. The minimum absolute atomic E-state index is 0.00368. The Morgan fingerprint density at radius 2 is 2.14 bits per heavy atom. The number of aliphatic hydroxyl groups is 1. The van der Waals surface area contributed by atoms with Gasteiger partial charge in [0.25, 0.3) is 5.91 Å². The van der Waals surface area contributed by atoms with Gasteiger partial charge in [0, 0.05) is 21.9 Å². The fourth-order valence-corrected chi connectivity index (χ4v) is 2.78. The molecule has 2 atom stereocenters. The van der Waals surface area contributed by atoms with Crippen molar-refractivity contribution in [2.75, 3.05) is 12.9 Å². The zero-order chi connectivity index (χ0) is 16.1. The van der Waals surface area contributed by atoms with E-state index in [1.165, 1.54) is 18.0 Å². The van der Waals surface area contributed by atoms with E-state index in [0.717, 1.165) is 5.56 Å². The van der Waals surface area contributed by atoms with Crippen molar-refractivity contribution in [3.05, 3.63) is 41.1 Å². The molecule has 118 valence electrons. The van der Waals surface area contributed by atoms with Crippen LogP contribution in [0.15, 0.2) is 35.1 Å². The molecule has 2 unspecified atom stereocenters. The van der Waals surface area contributed by atoms with E-state index in [2.05, 4.69) is 10.5 Å². The number of carbonyl (C=O) groups is 1. The maximum Gasteiger partial charge on any atom is 0.257 e. The SMILES string of the molecule is CSC(CO)C(C)NC(=O)c1conc1-c1ccc(Cl)cc1. The fourth-order valence-electron chi connectivity index (χ4n) is 2.03. The van der Waals surface area contributed by atoms with E-state index in [1.807, 2.05) is 13.2 Å². The van der Waals surface area contributed by atoms with Gasteiger partial charge < -0.3 is 14.9 Å². The minimum Gasteiger partial charge on any atom is -0.395 e. The molecular formula is C15H17ClN2O3S. The van der Waals surface area contributed by atoms with E-state index < -0.39 is 0 Å². The van der Waals surface area contributed by atoms with Crippen molar-refractivity contribution >= 4 is 29.3 Å². The van der Waals surface area contributed by atoms with Crippen molar-refractivity contribution in [2.45, 2.75) is 18.2 Å². The predicted octanol–water partition coefficient (Wildman–Crippen LogP) is 2.84. The molecule has 5 nitrogen and oxygen atoms in total. The van der Waals surface area contributed by atoms with E-state index in [1.54, 1.807) is 24.3 Å². The maximum atomic E-state index is 12.4. The van der Waals surface area contributed by atoms with Crippen LogP contribution in [0.5, 0.6) is 0 Å². The van der Waals surface area contributed by atoms with Gasteiger partial charge in [0.05, 0.1) is 6.61 Å². The summed E-state index contributed by atoms with van der Waals surface area (Å²) in [4.78, 5) is 12.4. The summed E-state index contributed by atoms with van der Waals surface area (Å²) in [5.74, 6) is -0.286. The van der Waals surface area contributed by atoms with Gasteiger partial charge in [-0.2, -0.15) is 11.8 Å². The Bertz CT molecular complexity index is 626. The largest absolute Gasteiger partial charge is 0.395 e. The second kappa shape index (κ2) is 7.67. The zero-order valence-corrected chi connectivity index (χ0v) is 13.8. The van der Waals surface area contributed by atoms with Gasteiger partial charge in [-0.05, 0) is 25.3 Å². The second-order valence-electron chi connectivity index (χ2n) is 4.80. The number of aliphatic hydroxyl groups excluding tert-OH is 1. The van der Waals surface area contributed by atoms with Gasteiger partial charge in [0.15, 0.2) is 0 Å².